The van der Waals surface area contributed by atoms with Crippen molar-refractivity contribution in [1.29, 1.82) is 0 Å². The maximum Gasteiger partial charge on any atom is 0.335 e. The number of aromatic carboxylic acids is 1. The Morgan fingerprint density at radius 3 is 2.52 bits per heavy atom. The Hall–Kier alpha value is -2.66. The normalized spacial score (nSPS) is 10.1. The molecule has 108 valence electrons. The fraction of sp³-hybridized carbons (Fsp3) is 0.125. The highest BCUT2D eigenvalue weighted by Crippen LogP contribution is 2.14. The van der Waals surface area contributed by atoms with Gasteiger partial charge in [-0.3, -0.25) is 4.79 Å². The zero-order chi connectivity index (χ0) is 15.2. The van der Waals surface area contributed by atoms with Gasteiger partial charge in [0, 0.05) is 18.4 Å². The molecule has 0 saturated heterocycles. The van der Waals surface area contributed by atoms with E-state index in [-0.39, 0.29) is 11.5 Å². The molecule has 2 aromatic carbocycles. The number of hydrogen-bond donors (Lipinski definition) is 2. The molecular weight excluding hydrogens is 270 g/mol. The van der Waals surface area contributed by atoms with Gasteiger partial charge in [0.05, 0.1) is 12.2 Å². The molecule has 2 aromatic rings. The minimum Gasteiger partial charge on any atom is -0.478 e. The Labute approximate surface area is 122 Å². The molecule has 0 unspecified atom stereocenters. The molecule has 0 atom stereocenters. The summed E-state index contributed by atoms with van der Waals surface area (Å²) in [4.78, 5) is 23.0. The Morgan fingerprint density at radius 2 is 1.81 bits per heavy atom. The molecule has 0 heterocycles. The number of rotatable bonds is 5. The first-order valence-corrected chi connectivity index (χ1v) is 6.33. The third-order valence-electron chi connectivity index (χ3n) is 2.87. The SMILES string of the molecule is COCc1cccc(NC(=O)c2cccc(C(=O)O)c2)c1. The zero-order valence-electron chi connectivity index (χ0n) is 11.5. The zero-order valence-corrected chi connectivity index (χ0v) is 11.5. The van der Waals surface area contributed by atoms with E-state index in [4.69, 9.17) is 9.84 Å². The molecule has 0 fully saturated rings. The average molecular weight is 285 g/mol. The Balaban J connectivity index is 2.16. The first-order valence-electron chi connectivity index (χ1n) is 6.33. The summed E-state index contributed by atoms with van der Waals surface area (Å²) in [5.41, 5.74) is 1.95. The monoisotopic (exact) mass is 285 g/mol. The van der Waals surface area contributed by atoms with Crippen LogP contribution in [0.3, 0.4) is 0 Å². The largest absolute Gasteiger partial charge is 0.478 e. The van der Waals surface area contributed by atoms with Crippen LogP contribution in [0.1, 0.15) is 26.3 Å². The van der Waals surface area contributed by atoms with Crippen molar-refractivity contribution in [3.8, 4) is 0 Å². The van der Waals surface area contributed by atoms with E-state index < -0.39 is 5.97 Å². The summed E-state index contributed by atoms with van der Waals surface area (Å²) in [5.74, 6) is -1.42. The summed E-state index contributed by atoms with van der Waals surface area (Å²) in [5, 5.41) is 11.7. The molecule has 0 spiro atoms. The van der Waals surface area contributed by atoms with E-state index >= 15 is 0 Å². The van der Waals surface area contributed by atoms with Crippen molar-refractivity contribution in [2.45, 2.75) is 6.61 Å². The van der Waals surface area contributed by atoms with Crippen LogP contribution < -0.4 is 5.32 Å². The summed E-state index contributed by atoms with van der Waals surface area (Å²) in [7, 11) is 1.60. The number of anilines is 1. The fourth-order valence-corrected chi connectivity index (χ4v) is 1.90. The molecule has 0 aliphatic heterocycles. The van der Waals surface area contributed by atoms with E-state index in [0.717, 1.165) is 5.56 Å². The molecule has 2 N–H and O–H groups in total. The van der Waals surface area contributed by atoms with Crippen molar-refractivity contribution in [1.82, 2.24) is 0 Å². The second-order valence-corrected chi connectivity index (χ2v) is 4.47. The number of nitrogens with one attached hydrogen (secondary N) is 1. The van der Waals surface area contributed by atoms with Crippen molar-refractivity contribution < 1.29 is 19.4 Å². The fourth-order valence-electron chi connectivity index (χ4n) is 1.90. The Morgan fingerprint density at radius 1 is 1.10 bits per heavy atom. The average Bonchev–Trinajstić information content (AvgIpc) is 2.48. The number of carboxylic acids is 1. The third kappa shape index (κ3) is 3.90. The van der Waals surface area contributed by atoms with Gasteiger partial charge in [-0.15, -0.1) is 0 Å². The lowest BCUT2D eigenvalue weighted by atomic mass is 10.1. The molecule has 0 bridgehead atoms. The van der Waals surface area contributed by atoms with Crippen LogP contribution in [0.4, 0.5) is 5.69 Å². The van der Waals surface area contributed by atoms with E-state index in [1.54, 1.807) is 25.3 Å². The molecule has 1 amide bonds. The van der Waals surface area contributed by atoms with Crippen molar-refractivity contribution in [2.24, 2.45) is 0 Å². The van der Waals surface area contributed by atoms with Crippen LogP contribution in [-0.2, 0) is 11.3 Å². The predicted octanol–water partition coefficient (Wildman–Crippen LogP) is 2.78. The number of amides is 1. The highest BCUT2D eigenvalue weighted by atomic mass is 16.5. The van der Waals surface area contributed by atoms with Gasteiger partial charge in [0.2, 0.25) is 0 Å². The minimum absolute atomic E-state index is 0.0794. The molecule has 0 aromatic heterocycles. The van der Waals surface area contributed by atoms with Gasteiger partial charge in [-0.1, -0.05) is 18.2 Å². The van der Waals surface area contributed by atoms with Gasteiger partial charge >= 0.3 is 5.97 Å². The van der Waals surface area contributed by atoms with Crippen LogP contribution >= 0.6 is 0 Å². The molecule has 0 aliphatic carbocycles. The van der Waals surface area contributed by atoms with Crippen LogP contribution in [0.2, 0.25) is 0 Å². The third-order valence-corrected chi connectivity index (χ3v) is 2.87. The highest BCUT2D eigenvalue weighted by Gasteiger charge is 2.10. The van der Waals surface area contributed by atoms with E-state index in [1.807, 2.05) is 18.2 Å². The van der Waals surface area contributed by atoms with Crippen molar-refractivity contribution in [2.75, 3.05) is 12.4 Å². The number of benzene rings is 2. The molecule has 5 heteroatoms. The number of ether oxygens (including phenoxy) is 1. The van der Waals surface area contributed by atoms with Crippen molar-refractivity contribution >= 4 is 17.6 Å². The quantitative estimate of drug-likeness (QED) is 0.885. The van der Waals surface area contributed by atoms with E-state index in [2.05, 4.69) is 5.32 Å². The minimum atomic E-state index is -1.06. The maximum atomic E-state index is 12.1. The number of carboxylic acid groups (broad SMARTS) is 1. The summed E-state index contributed by atoms with van der Waals surface area (Å²) in [6.07, 6.45) is 0. The Kier molecular flexibility index (Phi) is 4.68. The predicted molar refractivity (Wildman–Crippen MR) is 78.5 cm³/mol. The first kappa shape index (κ1) is 14.7. The van der Waals surface area contributed by atoms with Gasteiger partial charge in [-0.05, 0) is 35.9 Å². The number of carbonyl (C=O) groups excluding carboxylic acids is 1. The van der Waals surface area contributed by atoms with E-state index in [9.17, 15) is 9.59 Å². The molecule has 5 nitrogen and oxygen atoms in total. The summed E-state index contributed by atoms with van der Waals surface area (Å²) in [6, 6.07) is 13.2. The topological polar surface area (TPSA) is 75.6 Å². The van der Waals surface area contributed by atoms with Gasteiger partial charge in [-0.25, -0.2) is 4.79 Å². The second kappa shape index (κ2) is 6.67. The summed E-state index contributed by atoms with van der Waals surface area (Å²) in [6.45, 7) is 0.457. The van der Waals surface area contributed by atoms with Gasteiger partial charge in [0.1, 0.15) is 0 Å². The molecule has 0 aliphatic rings. The molecule has 21 heavy (non-hydrogen) atoms. The van der Waals surface area contributed by atoms with Crippen molar-refractivity contribution in [3.63, 3.8) is 0 Å². The summed E-state index contributed by atoms with van der Waals surface area (Å²) < 4.78 is 5.04. The van der Waals surface area contributed by atoms with Gasteiger partial charge in [0.15, 0.2) is 0 Å². The van der Waals surface area contributed by atoms with E-state index in [0.29, 0.717) is 17.9 Å². The van der Waals surface area contributed by atoms with Crippen LogP contribution in [-0.4, -0.2) is 24.1 Å². The van der Waals surface area contributed by atoms with Crippen LogP contribution in [0.25, 0.3) is 0 Å². The van der Waals surface area contributed by atoms with Gasteiger partial charge < -0.3 is 15.2 Å². The molecule has 0 radical (unpaired) electrons. The highest BCUT2D eigenvalue weighted by molar-refractivity contribution is 6.05. The smallest absolute Gasteiger partial charge is 0.335 e. The second-order valence-electron chi connectivity index (χ2n) is 4.47. The van der Waals surface area contributed by atoms with Crippen molar-refractivity contribution in [3.05, 3.63) is 65.2 Å². The number of methoxy groups -OCH3 is 1. The Bertz CT molecular complexity index is 667. The molecule has 0 saturated carbocycles. The number of hydrogen-bond acceptors (Lipinski definition) is 3. The van der Waals surface area contributed by atoms with Crippen LogP contribution in [0.5, 0.6) is 0 Å². The molecule has 2 rings (SSSR count). The van der Waals surface area contributed by atoms with E-state index in [1.165, 1.54) is 12.1 Å². The summed E-state index contributed by atoms with van der Waals surface area (Å²) >= 11 is 0. The lowest BCUT2D eigenvalue weighted by Gasteiger charge is -2.07. The van der Waals surface area contributed by atoms with Crippen LogP contribution in [0, 0.1) is 0 Å². The maximum absolute atomic E-state index is 12.1. The van der Waals surface area contributed by atoms with Gasteiger partial charge in [0.25, 0.3) is 5.91 Å². The molecular formula is C16H15NO4. The van der Waals surface area contributed by atoms with Crippen LogP contribution in [0.15, 0.2) is 48.5 Å². The number of carbonyl (C=O) groups is 2. The first-order chi connectivity index (χ1) is 10.1. The lowest BCUT2D eigenvalue weighted by Crippen LogP contribution is -2.13. The van der Waals surface area contributed by atoms with Gasteiger partial charge in [-0.2, -0.15) is 0 Å². The lowest BCUT2D eigenvalue weighted by molar-refractivity contribution is 0.0697. The standard InChI is InChI=1S/C16H15NO4/c1-21-10-11-4-2-7-14(8-11)17-15(18)12-5-3-6-13(9-12)16(19)20/h2-9H,10H2,1H3,(H,17,18)(H,19,20).